The summed E-state index contributed by atoms with van der Waals surface area (Å²) >= 11 is 1.71. The van der Waals surface area contributed by atoms with Gasteiger partial charge >= 0.3 is 5.97 Å². The van der Waals surface area contributed by atoms with Crippen molar-refractivity contribution in [3.05, 3.63) is 36.4 Å². The van der Waals surface area contributed by atoms with Gasteiger partial charge in [0.2, 0.25) is 5.91 Å². The number of amides is 1. The normalized spacial score (nSPS) is 10.4. The Morgan fingerprint density at radius 1 is 1.29 bits per heavy atom. The number of thioether (sulfide) groups is 1. The number of nitrogens with one attached hydrogen (secondary N) is 1. The molecule has 0 atom stereocenters. The van der Waals surface area contributed by atoms with Crippen LogP contribution in [0.25, 0.3) is 0 Å². The highest BCUT2D eigenvalue weighted by molar-refractivity contribution is 7.99. The van der Waals surface area contributed by atoms with Gasteiger partial charge < -0.3 is 10.4 Å². The molecule has 0 heterocycles. The number of hydrogen-bond acceptors (Lipinski definition) is 3. The quantitative estimate of drug-likeness (QED) is 0.623. The minimum absolute atomic E-state index is 0.455. The first-order chi connectivity index (χ1) is 8.11. The van der Waals surface area contributed by atoms with E-state index in [1.165, 1.54) is 0 Å². The Morgan fingerprint density at radius 2 is 1.94 bits per heavy atom. The summed E-state index contributed by atoms with van der Waals surface area (Å²) in [5.41, 5.74) is 0.644. The van der Waals surface area contributed by atoms with Gasteiger partial charge in [-0.1, -0.05) is 6.92 Å². The second kappa shape index (κ2) is 6.75. The van der Waals surface area contributed by atoms with Gasteiger partial charge in [-0.15, -0.1) is 11.8 Å². The molecule has 0 radical (unpaired) electrons. The lowest BCUT2D eigenvalue weighted by Crippen LogP contribution is -2.08. The zero-order valence-corrected chi connectivity index (χ0v) is 10.2. The maximum Gasteiger partial charge on any atom is 0.328 e. The number of carboxylic acids is 1. The summed E-state index contributed by atoms with van der Waals surface area (Å²) in [6.07, 6.45) is 1.79. The topological polar surface area (TPSA) is 66.4 Å². The molecule has 0 aromatic heterocycles. The molecule has 0 aliphatic rings. The Labute approximate surface area is 104 Å². The van der Waals surface area contributed by atoms with Crippen LogP contribution in [0.3, 0.4) is 0 Å². The van der Waals surface area contributed by atoms with Crippen molar-refractivity contribution < 1.29 is 14.7 Å². The van der Waals surface area contributed by atoms with Gasteiger partial charge in [0.05, 0.1) is 0 Å². The Kier molecular flexibility index (Phi) is 5.29. The smallest absolute Gasteiger partial charge is 0.328 e. The van der Waals surface area contributed by atoms with Crippen molar-refractivity contribution >= 4 is 29.3 Å². The Morgan fingerprint density at radius 3 is 2.47 bits per heavy atom. The lowest BCUT2D eigenvalue weighted by atomic mass is 10.3. The van der Waals surface area contributed by atoms with Crippen LogP contribution in [0.2, 0.25) is 0 Å². The van der Waals surface area contributed by atoms with Crippen LogP contribution in [0.1, 0.15) is 6.92 Å². The molecule has 2 N–H and O–H groups in total. The zero-order chi connectivity index (χ0) is 12.7. The first-order valence-corrected chi connectivity index (χ1v) is 6.05. The molecule has 1 rings (SSSR count). The van der Waals surface area contributed by atoms with E-state index >= 15 is 0 Å². The summed E-state index contributed by atoms with van der Waals surface area (Å²) < 4.78 is 0. The summed E-state index contributed by atoms with van der Waals surface area (Å²) in [5, 5.41) is 10.9. The minimum Gasteiger partial charge on any atom is -0.478 e. The van der Waals surface area contributed by atoms with Crippen LogP contribution in [0.15, 0.2) is 41.3 Å². The molecule has 0 saturated heterocycles. The highest BCUT2D eigenvalue weighted by Crippen LogP contribution is 2.19. The summed E-state index contributed by atoms with van der Waals surface area (Å²) in [4.78, 5) is 22.6. The molecule has 0 bridgehead atoms. The van der Waals surface area contributed by atoms with Crippen molar-refractivity contribution in [3.63, 3.8) is 0 Å². The molecule has 0 fully saturated rings. The van der Waals surface area contributed by atoms with Gasteiger partial charge in [-0.2, -0.15) is 0 Å². The molecule has 1 aromatic rings. The molecule has 0 unspecified atom stereocenters. The number of carbonyl (C=O) groups excluding carboxylic acids is 1. The van der Waals surface area contributed by atoms with E-state index in [4.69, 9.17) is 5.11 Å². The maximum atomic E-state index is 11.3. The van der Waals surface area contributed by atoms with E-state index in [1.807, 2.05) is 12.1 Å². The standard InChI is InChI=1S/C12H13NO3S/c1-2-17-10-5-3-9(4-6-10)13-11(14)7-8-12(15)16/h3-8H,2H2,1H3,(H,13,14)(H,15,16)/b8-7+. The van der Waals surface area contributed by atoms with Crippen LogP contribution >= 0.6 is 11.8 Å². The van der Waals surface area contributed by atoms with Crippen LogP contribution in [0, 0.1) is 0 Å². The maximum absolute atomic E-state index is 11.3. The van der Waals surface area contributed by atoms with Crippen molar-refractivity contribution in [1.29, 1.82) is 0 Å². The SMILES string of the molecule is CCSc1ccc(NC(=O)/C=C/C(=O)O)cc1. The summed E-state index contributed by atoms with van der Waals surface area (Å²) in [6, 6.07) is 7.38. The number of benzene rings is 1. The van der Waals surface area contributed by atoms with E-state index in [-0.39, 0.29) is 0 Å². The fourth-order valence-electron chi connectivity index (χ4n) is 1.13. The Bertz CT molecular complexity index is 426. The van der Waals surface area contributed by atoms with E-state index in [0.717, 1.165) is 22.8 Å². The van der Waals surface area contributed by atoms with Crippen molar-refractivity contribution in [1.82, 2.24) is 0 Å². The summed E-state index contributed by atoms with van der Waals surface area (Å²) in [6.45, 7) is 2.07. The van der Waals surface area contributed by atoms with Crippen LogP contribution < -0.4 is 5.32 Å². The molecular formula is C12H13NO3S. The molecular weight excluding hydrogens is 238 g/mol. The van der Waals surface area contributed by atoms with Gasteiger partial charge in [-0.25, -0.2) is 4.79 Å². The van der Waals surface area contributed by atoms with E-state index < -0.39 is 11.9 Å². The Balaban J connectivity index is 2.57. The number of carbonyl (C=O) groups is 2. The van der Waals surface area contributed by atoms with Crippen LogP contribution in [0.5, 0.6) is 0 Å². The third-order valence-corrected chi connectivity index (χ3v) is 2.70. The van der Waals surface area contributed by atoms with Gasteiger partial charge in [-0.3, -0.25) is 4.79 Å². The van der Waals surface area contributed by atoms with Crippen molar-refractivity contribution in [2.45, 2.75) is 11.8 Å². The largest absolute Gasteiger partial charge is 0.478 e. The molecule has 90 valence electrons. The number of hydrogen-bond donors (Lipinski definition) is 2. The highest BCUT2D eigenvalue weighted by atomic mass is 32.2. The van der Waals surface area contributed by atoms with Crippen LogP contribution in [-0.2, 0) is 9.59 Å². The second-order valence-corrected chi connectivity index (χ2v) is 4.46. The van der Waals surface area contributed by atoms with Gasteiger partial charge in [-0.05, 0) is 30.0 Å². The zero-order valence-electron chi connectivity index (χ0n) is 9.34. The molecule has 0 aliphatic heterocycles. The second-order valence-electron chi connectivity index (χ2n) is 3.12. The molecule has 0 aliphatic carbocycles. The number of rotatable bonds is 5. The average molecular weight is 251 g/mol. The van der Waals surface area contributed by atoms with E-state index in [0.29, 0.717) is 5.69 Å². The monoisotopic (exact) mass is 251 g/mol. The summed E-state index contributed by atoms with van der Waals surface area (Å²) in [7, 11) is 0. The third kappa shape index (κ3) is 5.21. The number of carboxylic acid groups (broad SMARTS) is 1. The molecule has 4 nitrogen and oxygen atoms in total. The van der Waals surface area contributed by atoms with Crippen molar-refractivity contribution in [2.24, 2.45) is 0 Å². The molecule has 1 aromatic carbocycles. The van der Waals surface area contributed by atoms with E-state index in [9.17, 15) is 9.59 Å². The van der Waals surface area contributed by atoms with Crippen LogP contribution in [-0.4, -0.2) is 22.7 Å². The van der Waals surface area contributed by atoms with E-state index in [2.05, 4.69) is 12.2 Å². The van der Waals surface area contributed by atoms with Crippen molar-refractivity contribution in [2.75, 3.05) is 11.1 Å². The predicted octanol–water partition coefficient (Wildman–Crippen LogP) is 2.38. The van der Waals surface area contributed by atoms with E-state index in [1.54, 1.807) is 23.9 Å². The minimum atomic E-state index is -1.14. The van der Waals surface area contributed by atoms with Crippen LogP contribution in [0.4, 0.5) is 5.69 Å². The Hall–Kier alpha value is -1.75. The molecule has 1 amide bonds. The highest BCUT2D eigenvalue weighted by Gasteiger charge is 1.99. The molecule has 0 saturated carbocycles. The third-order valence-electron chi connectivity index (χ3n) is 1.81. The fraction of sp³-hybridized carbons (Fsp3) is 0.167. The lowest BCUT2D eigenvalue weighted by Gasteiger charge is -2.03. The molecule has 5 heteroatoms. The number of anilines is 1. The average Bonchev–Trinajstić information content (AvgIpc) is 2.29. The van der Waals surface area contributed by atoms with Crippen molar-refractivity contribution in [3.8, 4) is 0 Å². The first-order valence-electron chi connectivity index (χ1n) is 5.06. The first kappa shape index (κ1) is 13.3. The molecule has 0 spiro atoms. The fourth-order valence-corrected chi connectivity index (χ4v) is 1.79. The van der Waals surface area contributed by atoms with Gasteiger partial charge in [0.15, 0.2) is 0 Å². The van der Waals surface area contributed by atoms with Gasteiger partial charge in [0, 0.05) is 22.7 Å². The predicted molar refractivity (Wildman–Crippen MR) is 68.2 cm³/mol. The lowest BCUT2D eigenvalue weighted by molar-refractivity contribution is -0.131. The van der Waals surface area contributed by atoms with Gasteiger partial charge in [0.25, 0.3) is 0 Å². The number of aliphatic carboxylic acids is 1. The molecule has 17 heavy (non-hydrogen) atoms. The summed E-state index contributed by atoms with van der Waals surface area (Å²) in [5.74, 6) is -0.606. The van der Waals surface area contributed by atoms with Gasteiger partial charge in [0.1, 0.15) is 0 Å².